The number of methoxy groups -OCH3 is 2. The molecule has 1 aromatic carbocycles. The fraction of sp³-hybridized carbons (Fsp3) is 0.217. The molecular formula is C23H22N2O6. The van der Waals surface area contributed by atoms with Gasteiger partial charge in [0.1, 0.15) is 22.8 Å². The maximum atomic E-state index is 13.6. The first kappa shape index (κ1) is 20.3. The van der Waals surface area contributed by atoms with Gasteiger partial charge >= 0.3 is 5.97 Å². The number of carbonyl (C=O) groups is 1. The minimum absolute atomic E-state index is 0.0747. The van der Waals surface area contributed by atoms with E-state index < -0.39 is 11.9 Å². The summed E-state index contributed by atoms with van der Waals surface area (Å²) < 4.78 is 22.9. The summed E-state index contributed by atoms with van der Waals surface area (Å²) in [5, 5.41) is 0. The standard InChI is InChI=1S/C23H22N2O6/c1-13-11-17-19(22(26)25(13)12-16-5-4-10-30-16)18(14-6-8-15(28-2)9-7-14)20(21(24)31-17)23(27)29-3/h4-11,18H,12,24H2,1-3H3/t18-/m0/s1. The topological polar surface area (TPSA) is 106 Å². The highest BCUT2D eigenvalue weighted by molar-refractivity contribution is 5.92. The van der Waals surface area contributed by atoms with Crippen molar-refractivity contribution in [3.63, 3.8) is 0 Å². The van der Waals surface area contributed by atoms with Crippen molar-refractivity contribution in [1.82, 2.24) is 4.57 Å². The van der Waals surface area contributed by atoms with Gasteiger partial charge in [-0.05, 0) is 36.8 Å². The number of aryl methyl sites for hydroxylation is 1. The van der Waals surface area contributed by atoms with E-state index in [-0.39, 0.29) is 23.6 Å². The van der Waals surface area contributed by atoms with Gasteiger partial charge in [0.05, 0.1) is 38.5 Å². The van der Waals surface area contributed by atoms with E-state index in [1.165, 1.54) is 7.11 Å². The molecule has 0 unspecified atom stereocenters. The van der Waals surface area contributed by atoms with Gasteiger partial charge in [-0.25, -0.2) is 4.79 Å². The van der Waals surface area contributed by atoms with E-state index in [9.17, 15) is 9.59 Å². The van der Waals surface area contributed by atoms with Crippen LogP contribution in [-0.4, -0.2) is 24.8 Å². The van der Waals surface area contributed by atoms with Crippen LogP contribution >= 0.6 is 0 Å². The predicted molar refractivity (Wildman–Crippen MR) is 112 cm³/mol. The normalized spacial score (nSPS) is 15.3. The van der Waals surface area contributed by atoms with E-state index >= 15 is 0 Å². The molecule has 3 aromatic rings. The summed E-state index contributed by atoms with van der Waals surface area (Å²) in [6.07, 6.45) is 1.55. The lowest BCUT2D eigenvalue weighted by Crippen LogP contribution is -2.35. The minimum Gasteiger partial charge on any atom is -0.497 e. The second kappa shape index (κ2) is 8.06. The van der Waals surface area contributed by atoms with Crippen LogP contribution in [0.5, 0.6) is 11.5 Å². The maximum Gasteiger partial charge on any atom is 0.340 e. The predicted octanol–water partition coefficient (Wildman–Crippen LogP) is 2.67. The highest BCUT2D eigenvalue weighted by atomic mass is 16.5. The molecule has 0 aliphatic carbocycles. The molecule has 0 radical (unpaired) electrons. The molecule has 0 bridgehead atoms. The Morgan fingerprint density at radius 1 is 1.19 bits per heavy atom. The number of fused-ring (bicyclic) bond motifs is 1. The summed E-state index contributed by atoms with van der Waals surface area (Å²) in [7, 11) is 2.82. The number of aromatic nitrogens is 1. The van der Waals surface area contributed by atoms with Gasteiger partial charge in [-0.15, -0.1) is 0 Å². The fourth-order valence-electron chi connectivity index (χ4n) is 3.78. The van der Waals surface area contributed by atoms with E-state index in [1.807, 2.05) is 0 Å². The summed E-state index contributed by atoms with van der Waals surface area (Å²) in [4.78, 5) is 26.3. The third-order valence-electron chi connectivity index (χ3n) is 5.32. The summed E-state index contributed by atoms with van der Waals surface area (Å²) in [6.45, 7) is 2.04. The first-order valence-corrected chi connectivity index (χ1v) is 9.61. The smallest absolute Gasteiger partial charge is 0.340 e. The molecule has 0 amide bonds. The first-order valence-electron chi connectivity index (χ1n) is 9.61. The highest BCUT2D eigenvalue weighted by Gasteiger charge is 2.38. The van der Waals surface area contributed by atoms with Crippen LogP contribution in [0.1, 0.15) is 28.5 Å². The molecule has 2 N–H and O–H groups in total. The highest BCUT2D eigenvalue weighted by Crippen LogP contribution is 2.41. The number of pyridine rings is 1. The third kappa shape index (κ3) is 3.56. The second-order valence-corrected chi connectivity index (χ2v) is 7.11. The maximum absolute atomic E-state index is 13.6. The molecule has 0 saturated heterocycles. The lowest BCUT2D eigenvalue weighted by Gasteiger charge is -2.29. The summed E-state index contributed by atoms with van der Waals surface area (Å²) >= 11 is 0. The molecule has 0 fully saturated rings. The zero-order valence-electron chi connectivity index (χ0n) is 17.4. The third-order valence-corrected chi connectivity index (χ3v) is 5.32. The Labute approximate surface area is 178 Å². The number of rotatable bonds is 5. The molecule has 1 aliphatic heterocycles. The molecule has 1 aliphatic rings. The molecule has 0 saturated carbocycles. The van der Waals surface area contributed by atoms with E-state index in [0.29, 0.717) is 34.1 Å². The molecule has 160 valence electrons. The average molecular weight is 422 g/mol. The minimum atomic E-state index is -0.766. The van der Waals surface area contributed by atoms with Crippen molar-refractivity contribution in [3.8, 4) is 11.5 Å². The lowest BCUT2D eigenvalue weighted by molar-refractivity contribution is -0.136. The lowest BCUT2D eigenvalue weighted by atomic mass is 9.83. The van der Waals surface area contributed by atoms with Gasteiger partial charge in [-0.2, -0.15) is 0 Å². The molecule has 0 spiro atoms. The largest absolute Gasteiger partial charge is 0.497 e. The van der Waals surface area contributed by atoms with Crippen LogP contribution in [-0.2, 0) is 16.1 Å². The van der Waals surface area contributed by atoms with Gasteiger partial charge in [0, 0.05) is 11.8 Å². The second-order valence-electron chi connectivity index (χ2n) is 7.11. The SMILES string of the molecule is COC(=O)C1=C(N)Oc2cc(C)n(Cc3ccco3)c(=O)c2[C@@H]1c1ccc(OC)cc1. The van der Waals surface area contributed by atoms with E-state index in [4.69, 9.17) is 24.4 Å². The van der Waals surface area contributed by atoms with Gasteiger partial charge in [-0.1, -0.05) is 12.1 Å². The van der Waals surface area contributed by atoms with Crippen LogP contribution < -0.4 is 20.8 Å². The van der Waals surface area contributed by atoms with Gasteiger partial charge in [0.2, 0.25) is 5.88 Å². The Kier molecular flexibility index (Phi) is 5.29. The van der Waals surface area contributed by atoms with Crippen molar-refractivity contribution in [3.05, 3.63) is 93.1 Å². The molecule has 4 rings (SSSR count). The van der Waals surface area contributed by atoms with E-state index in [2.05, 4.69) is 0 Å². The quantitative estimate of drug-likeness (QED) is 0.630. The number of esters is 1. The Morgan fingerprint density at radius 2 is 1.94 bits per heavy atom. The molecule has 8 nitrogen and oxygen atoms in total. The molecule has 8 heteroatoms. The number of hydrogen-bond acceptors (Lipinski definition) is 7. The number of nitrogens with two attached hydrogens (primary N) is 1. The van der Waals surface area contributed by atoms with Crippen molar-refractivity contribution in [2.24, 2.45) is 5.73 Å². The van der Waals surface area contributed by atoms with Crippen molar-refractivity contribution in [2.45, 2.75) is 19.4 Å². The van der Waals surface area contributed by atoms with Crippen LogP contribution in [0.2, 0.25) is 0 Å². The molecule has 31 heavy (non-hydrogen) atoms. The first-order chi connectivity index (χ1) is 14.9. The van der Waals surface area contributed by atoms with E-state index in [0.717, 1.165) is 0 Å². The number of hydrogen-bond donors (Lipinski definition) is 1. The number of carbonyl (C=O) groups excluding carboxylic acids is 1. The zero-order chi connectivity index (χ0) is 22.1. The number of ether oxygens (including phenoxy) is 3. The summed E-state index contributed by atoms with van der Waals surface area (Å²) in [6, 6.07) is 12.4. The average Bonchev–Trinajstić information content (AvgIpc) is 3.28. The molecular weight excluding hydrogens is 400 g/mol. The monoisotopic (exact) mass is 422 g/mol. The van der Waals surface area contributed by atoms with Gasteiger partial charge < -0.3 is 28.9 Å². The fourth-order valence-corrected chi connectivity index (χ4v) is 3.78. The van der Waals surface area contributed by atoms with E-state index in [1.54, 1.807) is 67.3 Å². The molecule has 3 heterocycles. The van der Waals surface area contributed by atoms with Crippen molar-refractivity contribution < 1.29 is 23.4 Å². The van der Waals surface area contributed by atoms with Crippen LogP contribution in [0.15, 0.2) is 69.4 Å². The van der Waals surface area contributed by atoms with Crippen LogP contribution in [0, 0.1) is 6.92 Å². The van der Waals surface area contributed by atoms with Crippen molar-refractivity contribution in [2.75, 3.05) is 14.2 Å². The summed E-state index contributed by atoms with van der Waals surface area (Å²) in [5.41, 5.74) is 7.53. The Hall–Kier alpha value is -3.94. The van der Waals surface area contributed by atoms with Crippen LogP contribution in [0.3, 0.4) is 0 Å². The van der Waals surface area contributed by atoms with Gasteiger partial charge in [0.15, 0.2) is 0 Å². The van der Waals surface area contributed by atoms with Gasteiger partial charge in [0.25, 0.3) is 5.56 Å². The van der Waals surface area contributed by atoms with Gasteiger partial charge in [-0.3, -0.25) is 4.79 Å². The Bertz CT molecular complexity index is 1210. The van der Waals surface area contributed by atoms with Crippen molar-refractivity contribution >= 4 is 5.97 Å². The van der Waals surface area contributed by atoms with Crippen LogP contribution in [0.4, 0.5) is 0 Å². The number of benzene rings is 1. The van der Waals surface area contributed by atoms with Crippen molar-refractivity contribution in [1.29, 1.82) is 0 Å². The van der Waals surface area contributed by atoms with Crippen LogP contribution in [0.25, 0.3) is 0 Å². The number of nitrogens with zero attached hydrogens (tertiary/aromatic N) is 1. The Morgan fingerprint density at radius 3 is 2.55 bits per heavy atom. The number of furan rings is 1. The Balaban J connectivity index is 1.94. The molecule has 1 atom stereocenters. The molecule has 2 aromatic heterocycles. The zero-order valence-corrected chi connectivity index (χ0v) is 17.4. The summed E-state index contributed by atoms with van der Waals surface area (Å²) in [5.74, 6) is 0.0596.